The summed E-state index contributed by atoms with van der Waals surface area (Å²) in [4.78, 5) is 26.4. The lowest BCUT2D eigenvalue weighted by Gasteiger charge is -2.34. The van der Waals surface area contributed by atoms with E-state index in [0.717, 1.165) is 0 Å². The van der Waals surface area contributed by atoms with Gasteiger partial charge in [0.15, 0.2) is 9.84 Å². The molecule has 1 saturated heterocycles. The van der Waals surface area contributed by atoms with Crippen molar-refractivity contribution in [2.24, 2.45) is 5.41 Å². The molecule has 0 bridgehead atoms. The molecule has 0 saturated carbocycles. The minimum atomic E-state index is -3.08. The van der Waals surface area contributed by atoms with Crippen LogP contribution in [0.4, 0.5) is 0 Å². The van der Waals surface area contributed by atoms with E-state index in [-0.39, 0.29) is 29.4 Å². The van der Waals surface area contributed by atoms with Crippen LogP contribution in [0.25, 0.3) is 0 Å². The Bertz CT molecular complexity index is 515. The first-order valence-corrected chi connectivity index (χ1v) is 9.26. The molecule has 0 radical (unpaired) electrons. The van der Waals surface area contributed by atoms with Crippen LogP contribution in [0, 0.1) is 5.41 Å². The highest BCUT2D eigenvalue weighted by Crippen LogP contribution is 2.25. The van der Waals surface area contributed by atoms with Crippen molar-refractivity contribution >= 4 is 21.7 Å². The molecule has 1 aliphatic heterocycles. The summed E-state index contributed by atoms with van der Waals surface area (Å²) < 4.78 is 28.1. The second-order valence-corrected chi connectivity index (χ2v) is 8.25. The fourth-order valence-corrected chi connectivity index (χ4v) is 4.26. The third-order valence-electron chi connectivity index (χ3n) is 3.94. The molecule has 1 aliphatic rings. The zero-order chi connectivity index (χ0) is 17.0. The molecule has 7 nitrogen and oxygen atoms in total. The van der Waals surface area contributed by atoms with Crippen molar-refractivity contribution in [3.05, 3.63) is 0 Å². The Morgan fingerprint density at radius 3 is 2.45 bits per heavy atom. The summed E-state index contributed by atoms with van der Waals surface area (Å²) in [7, 11) is -1.55. The van der Waals surface area contributed by atoms with Crippen LogP contribution < -0.4 is 5.32 Å². The fourth-order valence-electron chi connectivity index (χ4n) is 2.53. The zero-order valence-corrected chi connectivity index (χ0v) is 14.5. The molecule has 0 aromatic carbocycles. The van der Waals surface area contributed by atoms with Gasteiger partial charge in [0.1, 0.15) is 5.41 Å². The lowest BCUT2D eigenvalue weighted by molar-refractivity contribution is -0.149. The topological polar surface area (TPSA) is 92.8 Å². The van der Waals surface area contributed by atoms with Crippen molar-refractivity contribution in [3.63, 3.8) is 0 Å². The highest BCUT2D eigenvalue weighted by molar-refractivity contribution is 7.91. The number of sulfone groups is 1. The normalized spacial score (nSPS) is 20.6. The van der Waals surface area contributed by atoms with Crippen molar-refractivity contribution in [1.29, 1.82) is 0 Å². The van der Waals surface area contributed by atoms with Crippen LogP contribution in [0.1, 0.15) is 27.2 Å². The highest BCUT2D eigenvalue weighted by Gasteiger charge is 2.43. The van der Waals surface area contributed by atoms with Gasteiger partial charge in [-0.2, -0.15) is 0 Å². The van der Waals surface area contributed by atoms with Crippen LogP contribution in [-0.2, 0) is 24.2 Å². The quantitative estimate of drug-likeness (QED) is 0.515. The van der Waals surface area contributed by atoms with Crippen LogP contribution in [-0.4, -0.2) is 69.5 Å². The number of carbonyl (C=O) groups excluding carboxylic acids is 2. The number of rotatable bonds is 7. The Hall–Kier alpha value is -1.15. The van der Waals surface area contributed by atoms with Gasteiger partial charge in [-0.05, 0) is 27.2 Å². The number of carbonyl (C=O) groups is 2. The van der Waals surface area contributed by atoms with Gasteiger partial charge in [0, 0.05) is 26.2 Å². The summed E-state index contributed by atoms with van der Waals surface area (Å²) in [6, 6.07) is -0.339. The van der Waals surface area contributed by atoms with Gasteiger partial charge in [-0.15, -0.1) is 0 Å². The van der Waals surface area contributed by atoms with Crippen molar-refractivity contribution in [2.45, 2.75) is 33.2 Å². The molecular weight excluding hydrogens is 308 g/mol. The van der Waals surface area contributed by atoms with Crippen molar-refractivity contribution < 1.29 is 22.7 Å². The average Bonchev–Trinajstić information content (AvgIpc) is 2.79. The van der Waals surface area contributed by atoms with Gasteiger partial charge in [0.05, 0.1) is 18.1 Å². The van der Waals surface area contributed by atoms with E-state index in [0.29, 0.717) is 26.1 Å². The van der Waals surface area contributed by atoms with Crippen molar-refractivity contribution in [1.82, 2.24) is 10.2 Å². The van der Waals surface area contributed by atoms with E-state index in [1.807, 2.05) is 0 Å². The maximum absolute atomic E-state index is 12.7. The molecule has 1 heterocycles. The maximum atomic E-state index is 12.7. The van der Waals surface area contributed by atoms with Gasteiger partial charge < -0.3 is 15.0 Å². The molecule has 1 rings (SSSR count). The molecule has 0 aromatic rings. The summed E-state index contributed by atoms with van der Waals surface area (Å²) in [6.07, 6.45) is 0.434. The number of hydrogen-bond donors (Lipinski definition) is 1. The van der Waals surface area contributed by atoms with E-state index in [9.17, 15) is 18.0 Å². The number of hydrogen-bond acceptors (Lipinski definition) is 5. The number of nitrogens with zero attached hydrogens (tertiary/aromatic N) is 1. The van der Waals surface area contributed by atoms with Gasteiger partial charge >= 0.3 is 0 Å². The molecule has 1 atom stereocenters. The Balaban J connectivity index is 2.79. The number of amides is 2. The average molecular weight is 334 g/mol. The Kier molecular flexibility index (Phi) is 6.37. The number of methoxy groups -OCH3 is 1. The van der Waals surface area contributed by atoms with Crippen molar-refractivity contribution in [2.75, 3.05) is 38.3 Å². The van der Waals surface area contributed by atoms with Gasteiger partial charge in [-0.1, -0.05) is 0 Å². The summed E-state index contributed by atoms with van der Waals surface area (Å²) in [5.74, 6) is -0.642. The second kappa shape index (κ2) is 7.41. The smallest absolute Gasteiger partial charge is 0.237 e. The molecule has 128 valence electrons. The van der Waals surface area contributed by atoms with Crippen LogP contribution in [0.5, 0.6) is 0 Å². The number of nitrogens with one attached hydrogen (secondary N) is 1. The van der Waals surface area contributed by atoms with Gasteiger partial charge in [-0.3, -0.25) is 9.59 Å². The Morgan fingerprint density at radius 1 is 1.36 bits per heavy atom. The maximum Gasteiger partial charge on any atom is 0.237 e. The predicted molar refractivity (Wildman–Crippen MR) is 83.1 cm³/mol. The minimum Gasteiger partial charge on any atom is -0.383 e. The SMILES string of the molecule is CCN(C(=O)C(C)(C)C(=O)NCCOC)C1CCS(=O)(=O)C1. The monoisotopic (exact) mass is 334 g/mol. The third-order valence-corrected chi connectivity index (χ3v) is 5.70. The van der Waals surface area contributed by atoms with Gasteiger partial charge in [0.25, 0.3) is 0 Å². The molecule has 22 heavy (non-hydrogen) atoms. The summed E-state index contributed by atoms with van der Waals surface area (Å²) in [5.41, 5.74) is -1.24. The predicted octanol–water partition coefficient (Wildman–Crippen LogP) is -0.189. The fraction of sp³-hybridized carbons (Fsp3) is 0.857. The molecular formula is C14H26N2O5S. The van der Waals surface area contributed by atoms with Gasteiger partial charge in [-0.25, -0.2) is 8.42 Å². The molecule has 8 heteroatoms. The van der Waals surface area contributed by atoms with Crippen LogP contribution in [0.3, 0.4) is 0 Å². The molecule has 1 fully saturated rings. The van der Waals surface area contributed by atoms with E-state index in [1.165, 1.54) is 12.0 Å². The molecule has 0 aromatic heterocycles. The highest BCUT2D eigenvalue weighted by atomic mass is 32.2. The van der Waals surface area contributed by atoms with Crippen LogP contribution in [0.2, 0.25) is 0 Å². The van der Waals surface area contributed by atoms with Crippen LogP contribution >= 0.6 is 0 Å². The first-order chi connectivity index (χ1) is 10.2. The van der Waals surface area contributed by atoms with Crippen LogP contribution in [0.15, 0.2) is 0 Å². The summed E-state index contributed by atoms with van der Waals surface area (Å²) >= 11 is 0. The van der Waals surface area contributed by atoms with E-state index in [4.69, 9.17) is 4.74 Å². The van der Waals surface area contributed by atoms with E-state index < -0.39 is 15.3 Å². The molecule has 2 amide bonds. The Morgan fingerprint density at radius 2 is 2.00 bits per heavy atom. The van der Waals surface area contributed by atoms with E-state index in [1.54, 1.807) is 20.8 Å². The third kappa shape index (κ3) is 4.42. The van der Waals surface area contributed by atoms with Gasteiger partial charge in [0.2, 0.25) is 11.8 Å². The first kappa shape index (κ1) is 18.9. The molecule has 0 aliphatic carbocycles. The zero-order valence-electron chi connectivity index (χ0n) is 13.7. The Labute approximate surface area is 132 Å². The largest absolute Gasteiger partial charge is 0.383 e. The first-order valence-electron chi connectivity index (χ1n) is 7.44. The standard InChI is InChI=1S/C14H26N2O5S/c1-5-16(11-6-9-22(19,20)10-11)13(18)14(2,3)12(17)15-7-8-21-4/h11H,5-10H2,1-4H3,(H,15,17). The summed E-state index contributed by atoms with van der Waals surface area (Å²) in [6.45, 7) is 5.99. The van der Waals surface area contributed by atoms with E-state index >= 15 is 0 Å². The number of ether oxygens (including phenoxy) is 1. The molecule has 1 N–H and O–H groups in total. The molecule has 1 unspecified atom stereocenters. The molecule has 0 spiro atoms. The minimum absolute atomic E-state index is 0.0199. The second-order valence-electron chi connectivity index (χ2n) is 6.02. The summed E-state index contributed by atoms with van der Waals surface area (Å²) in [5, 5.41) is 2.66. The van der Waals surface area contributed by atoms with E-state index in [2.05, 4.69) is 5.32 Å². The lowest BCUT2D eigenvalue weighted by atomic mass is 9.89. The lowest BCUT2D eigenvalue weighted by Crippen LogP contribution is -2.53. The van der Waals surface area contributed by atoms with Crippen molar-refractivity contribution in [3.8, 4) is 0 Å².